The number of aromatic nitrogens is 1. The van der Waals surface area contributed by atoms with Crippen LogP contribution < -0.4 is 5.32 Å². The average molecular weight is 271 g/mol. The Labute approximate surface area is 98.4 Å². The lowest BCUT2D eigenvalue weighted by molar-refractivity contribution is 0.121. The van der Waals surface area contributed by atoms with Gasteiger partial charge in [0.15, 0.2) is 0 Å². The molecule has 2 rings (SSSR count). The molecule has 0 bridgehead atoms. The van der Waals surface area contributed by atoms with Gasteiger partial charge in [-0.1, -0.05) is 0 Å². The quantitative estimate of drug-likeness (QED) is 0.898. The zero-order valence-electron chi connectivity index (χ0n) is 8.96. The summed E-state index contributed by atoms with van der Waals surface area (Å²) in [5.74, 6) is 0.906. The number of anilines is 1. The lowest BCUT2D eigenvalue weighted by atomic mass is 10.1. The van der Waals surface area contributed by atoms with Crippen LogP contribution in [0, 0.1) is 6.92 Å². The first-order valence-electron chi connectivity index (χ1n) is 5.17. The molecule has 3 nitrogen and oxygen atoms in total. The molecule has 1 saturated heterocycles. The van der Waals surface area contributed by atoms with E-state index in [4.69, 9.17) is 4.74 Å². The molecule has 2 unspecified atom stereocenters. The summed E-state index contributed by atoms with van der Waals surface area (Å²) in [7, 11) is 0. The van der Waals surface area contributed by atoms with Crippen molar-refractivity contribution < 1.29 is 4.74 Å². The summed E-state index contributed by atoms with van der Waals surface area (Å²) in [6.07, 6.45) is 3.18. The van der Waals surface area contributed by atoms with Gasteiger partial charge in [0.1, 0.15) is 5.82 Å². The van der Waals surface area contributed by atoms with Crippen LogP contribution in [-0.4, -0.2) is 23.7 Å². The molecule has 15 heavy (non-hydrogen) atoms. The van der Waals surface area contributed by atoms with Gasteiger partial charge < -0.3 is 10.1 Å². The predicted molar refractivity (Wildman–Crippen MR) is 64.1 cm³/mol. The summed E-state index contributed by atoms with van der Waals surface area (Å²) in [5.41, 5.74) is 1.16. The Morgan fingerprint density at radius 2 is 2.40 bits per heavy atom. The van der Waals surface area contributed by atoms with E-state index in [9.17, 15) is 0 Å². The van der Waals surface area contributed by atoms with Crippen molar-refractivity contribution in [3.63, 3.8) is 0 Å². The third kappa shape index (κ3) is 2.49. The minimum absolute atomic E-state index is 0.264. The molecule has 0 radical (unpaired) electrons. The number of ether oxygens (including phenoxy) is 1. The second kappa shape index (κ2) is 4.49. The highest BCUT2D eigenvalue weighted by atomic mass is 79.9. The third-order valence-corrected chi connectivity index (χ3v) is 3.28. The molecule has 0 spiro atoms. The predicted octanol–water partition coefficient (Wildman–Crippen LogP) is 2.74. The highest BCUT2D eigenvalue weighted by molar-refractivity contribution is 9.10. The zero-order valence-corrected chi connectivity index (χ0v) is 10.5. The molecule has 1 aliphatic heterocycles. The lowest BCUT2D eigenvalue weighted by Gasteiger charge is -2.17. The van der Waals surface area contributed by atoms with Gasteiger partial charge in [0, 0.05) is 12.8 Å². The van der Waals surface area contributed by atoms with Gasteiger partial charge in [0.25, 0.3) is 0 Å². The van der Waals surface area contributed by atoms with Crippen molar-refractivity contribution in [2.75, 3.05) is 11.9 Å². The minimum atomic E-state index is 0.264. The van der Waals surface area contributed by atoms with E-state index < -0.39 is 0 Å². The second-order valence-electron chi connectivity index (χ2n) is 3.96. The first kappa shape index (κ1) is 10.9. The smallest absolute Gasteiger partial charge is 0.140 e. The molecule has 0 saturated carbocycles. The summed E-state index contributed by atoms with van der Waals surface area (Å²) >= 11 is 3.51. The van der Waals surface area contributed by atoms with Crippen LogP contribution >= 0.6 is 15.9 Å². The first-order chi connectivity index (χ1) is 7.16. The average Bonchev–Trinajstić information content (AvgIpc) is 2.57. The van der Waals surface area contributed by atoms with Crippen LogP contribution in [0.25, 0.3) is 0 Å². The van der Waals surface area contributed by atoms with E-state index >= 15 is 0 Å². The van der Waals surface area contributed by atoms with Gasteiger partial charge in [-0.3, -0.25) is 0 Å². The number of rotatable bonds is 2. The Bertz CT molecular complexity index is 356. The molecule has 0 aromatic carbocycles. The van der Waals surface area contributed by atoms with Crippen molar-refractivity contribution in [2.24, 2.45) is 0 Å². The van der Waals surface area contributed by atoms with E-state index in [2.05, 4.69) is 39.2 Å². The van der Waals surface area contributed by atoms with E-state index in [1.54, 1.807) is 0 Å². The Hall–Kier alpha value is -0.610. The molecule has 1 fully saturated rings. The molecule has 82 valence electrons. The van der Waals surface area contributed by atoms with Crippen molar-refractivity contribution >= 4 is 21.7 Å². The number of pyridine rings is 1. The molecule has 2 heterocycles. The van der Waals surface area contributed by atoms with Crippen LogP contribution in [-0.2, 0) is 4.74 Å². The maximum absolute atomic E-state index is 5.50. The number of nitrogens with zero attached hydrogens (tertiary/aromatic N) is 1. The molecule has 2 atom stereocenters. The van der Waals surface area contributed by atoms with Crippen LogP contribution in [0.15, 0.2) is 16.7 Å². The van der Waals surface area contributed by atoms with E-state index in [-0.39, 0.29) is 6.10 Å². The highest BCUT2D eigenvalue weighted by Crippen LogP contribution is 2.24. The van der Waals surface area contributed by atoms with Gasteiger partial charge in [0.05, 0.1) is 16.6 Å². The number of nitrogens with one attached hydrogen (secondary N) is 1. The third-order valence-electron chi connectivity index (χ3n) is 2.68. The van der Waals surface area contributed by atoms with Gasteiger partial charge in [-0.05, 0) is 47.8 Å². The fourth-order valence-electron chi connectivity index (χ4n) is 1.74. The minimum Gasteiger partial charge on any atom is -0.376 e. The highest BCUT2D eigenvalue weighted by Gasteiger charge is 2.24. The second-order valence-corrected chi connectivity index (χ2v) is 4.81. The van der Waals surface area contributed by atoms with E-state index in [1.807, 2.05) is 13.1 Å². The van der Waals surface area contributed by atoms with Gasteiger partial charge >= 0.3 is 0 Å². The monoisotopic (exact) mass is 270 g/mol. The molecule has 0 amide bonds. The van der Waals surface area contributed by atoms with Crippen molar-refractivity contribution in [3.05, 3.63) is 22.3 Å². The first-order valence-corrected chi connectivity index (χ1v) is 5.96. The summed E-state index contributed by atoms with van der Waals surface area (Å²) in [6.45, 7) is 4.96. The fourth-order valence-corrected chi connectivity index (χ4v) is 2.31. The van der Waals surface area contributed by atoms with Gasteiger partial charge in [-0.25, -0.2) is 4.98 Å². The van der Waals surface area contributed by atoms with Gasteiger partial charge in [-0.2, -0.15) is 0 Å². The summed E-state index contributed by atoms with van der Waals surface area (Å²) in [4.78, 5) is 4.36. The van der Waals surface area contributed by atoms with Crippen LogP contribution in [0.1, 0.15) is 18.9 Å². The van der Waals surface area contributed by atoms with Crippen LogP contribution in [0.3, 0.4) is 0 Å². The summed E-state index contributed by atoms with van der Waals surface area (Å²) in [5, 5.41) is 3.40. The molecule has 1 N–H and O–H groups in total. The summed E-state index contributed by atoms with van der Waals surface area (Å²) in [6, 6.07) is 2.44. The van der Waals surface area contributed by atoms with E-state index in [0.717, 1.165) is 28.9 Å². The van der Waals surface area contributed by atoms with Crippen molar-refractivity contribution in [3.8, 4) is 0 Å². The van der Waals surface area contributed by atoms with E-state index in [1.165, 1.54) is 0 Å². The molecular formula is C11H15BrN2O. The van der Waals surface area contributed by atoms with Crippen LogP contribution in [0.5, 0.6) is 0 Å². The van der Waals surface area contributed by atoms with E-state index in [0.29, 0.717) is 6.04 Å². The number of hydrogen-bond acceptors (Lipinski definition) is 3. The zero-order chi connectivity index (χ0) is 10.8. The van der Waals surface area contributed by atoms with Crippen molar-refractivity contribution in [2.45, 2.75) is 32.4 Å². The number of halogens is 1. The molecule has 4 heteroatoms. The maximum atomic E-state index is 5.50. The molecule has 1 aliphatic rings. The molecular weight excluding hydrogens is 256 g/mol. The van der Waals surface area contributed by atoms with Crippen molar-refractivity contribution in [1.29, 1.82) is 0 Å². The summed E-state index contributed by atoms with van der Waals surface area (Å²) < 4.78 is 6.51. The maximum Gasteiger partial charge on any atom is 0.140 e. The van der Waals surface area contributed by atoms with Gasteiger partial charge in [-0.15, -0.1) is 0 Å². The Morgan fingerprint density at radius 1 is 1.60 bits per heavy atom. The Kier molecular flexibility index (Phi) is 3.26. The van der Waals surface area contributed by atoms with Crippen LogP contribution in [0.2, 0.25) is 0 Å². The van der Waals surface area contributed by atoms with Crippen LogP contribution in [0.4, 0.5) is 5.82 Å². The largest absolute Gasteiger partial charge is 0.376 e. The van der Waals surface area contributed by atoms with Gasteiger partial charge in [0.2, 0.25) is 0 Å². The lowest BCUT2D eigenvalue weighted by Crippen LogP contribution is -2.27. The fraction of sp³-hybridized carbons (Fsp3) is 0.545. The standard InChI is InChI=1S/C11H15BrN2O/c1-7-5-9(12)11(13-6-7)14-10-3-4-15-8(10)2/h5-6,8,10H,3-4H2,1-2H3,(H,13,14). The Balaban J connectivity index is 2.10. The SMILES string of the molecule is Cc1cnc(NC2CCOC2C)c(Br)c1. The topological polar surface area (TPSA) is 34.2 Å². The molecule has 1 aromatic rings. The molecule has 1 aromatic heterocycles. The number of hydrogen-bond donors (Lipinski definition) is 1. The Morgan fingerprint density at radius 3 is 3.00 bits per heavy atom. The normalized spacial score (nSPS) is 25.5. The number of aryl methyl sites for hydroxylation is 1. The molecule has 0 aliphatic carbocycles. The van der Waals surface area contributed by atoms with Crippen molar-refractivity contribution in [1.82, 2.24) is 4.98 Å².